The first kappa shape index (κ1) is 14.0. The predicted molar refractivity (Wildman–Crippen MR) is 76.7 cm³/mol. The molecule has 2 rings (SSSR count). The van der Waals surface area contributed by atoms with E-state index in [2.05, 4.69) is 15.0 Å². The van der Waals surface area contributed by atoms with Gasteiger partial charge < -0.3 is 5.32 Å². The van der Waals surface area contributed by atoms with E-state index in [1.54, 1.807) is 18.3 Å². The van der Waals surface area contributed by atoms with Gasteiger partial charge in [-0.15, -0.1) is 0 Å². The zero-order valence-corrected chi connectivity index (χ0v) is 12.1. The summed E-state index contributed by atoms with van der Waals surface area (Å²) < 4.78 is 27.0. The summed E-state index contributed by atoms with van der Waals surface area (Å²) >= 11 is 1.54. The van der Waals surface area contributed by atoms with Crippen LogP contribution in [0.5, 0.6) is 0 Å². The molecule has 0 spiro atoms. The van der Waals surface area contributed by atoms with Crippen LogP contribution in [-0.4, -0.2) is 19.9 Å². The minimum absolute atomic E-state index is 0.173. The Hall–Kier alpha value is -1.44. The van der Waals surface area contributed by atoms with Crippen LogP contribution in [0.15, 0.2) is 40.1 Å². The van der Waals surface area contributed by atoms with E-state index >= 15 is 0 Å². The maximum absolute atomic E-state index is 12.2. The molecule has 19 heavy (non-hydrogen) atoms. The number of hydrogen-bond acceptors (Lipinski definition) is 5. The number of thiophene rings is 1. The van der Waals surface area contributed by atoms with E-state index in [1.165, 1.54) is 11.3 Å². The average Bonchev–Trinajstić information content (AvgIpc) is 2.91. The number of nitrogens with zero attached hydrogens (tertiary/aromatic N) is 1. The van der Waals surface area contributed by atoms with Gasteiger partial charge in [0.1, 0.15) is 10.7 Å². The van der Waals surface area contributed by atoms with Gasteiger partial charge in [-0.1, -0.05) is 0 Å². The fourth-order valence-electron chi connectivity index (χ4n) is 1.56. The zero-order chi connectivity index (χ0) is 13.7. The third-order valence-corrected chi connectivity index (χ3v) is 4.62. The summed E-state index contributed by atoms with van der Waals surface area (Å²) in [6, 6.07) is 5.04. The fourth-order valence-corrected chi connectivity index (χ4v) is 3.37. The molecule has 0 unspecified atom stereocenters. The molecule has 0 aliphatic heterocycles. The number of nitrogens with one attached hydrogen (secondary N) is 2. The van der Waals surface area contributed by atoms with Gasteiger partial charge in [0.25, 0.3) is 0 Å². The number of hydrogen-bond donors (Lipinski definition) is 2. The summed E-state index contributed by atoms with van der Waals surface area (Å²) in [6.45, 7) is 2.79. The normalized spacial score (nSPS) is 11.4. The lowest BCUT2D eigenvalue weighted by molar-refractivity contribution is 0.581. The van der Waals surface area contributed by atoms with Gasteiger partial charge in [0.15, 0.2) is 0 Å². The third-order valence-electron chi connectivity index (χ3n) is 2.45. The third kappa shape index (κ3) is 3.52. The fraction of sp³-hybridized carbons (Fsp3) is 0.250. The summed E-state index contributed by atoms with van der Waals surface area (Å²) in [7, 11) is -3.56. The van der Waals surface area contributed by atoms with Crippen LogP contribution in [0.3, 0.4) is 0 Å². The zero-order valence-electron chi connectivity index (χ0n) is 10.5. The molecule has 5 nitrogen and oxygen atoms in total. The van der Waals surface area contributed by atoms with Crippen LogP contribution >= 0.6 is 11.3 Å². The van der Waals surface area contributed by atoms with Gasteiger partial charge in [0.05, 0.1) is 0 Å². The van der Waals surface area contributed by atoms with E-state index in [4.69, 9.17) is 0 Å². The maximum atomic E-state index is 12.2. The van der Waals surface area contributed by atoms with Gasteiger partial charge >= 0.3 is 0 Å². The summed E-state index contributed by atoms with van der Waals surface area (Å²) in [6.07, 6.45) is 1.57. The highest BCUT2D eigenvalue weighted by Gasteiger charge is 2.18. The van der Waals surface area contributed by atoms with Crippen molar-refractivity contribution < 1.29 is 8.42 Å². The van der Waals surface area contributed by atoms with Crippen molar-refractivity contribution in [1.82, 2.24) is 9.71 Å². The number of rotatable bonds is 6. The molecule has 102 valence electrons. The molecule has 2 N–H and O–H groups in total. The van der Waals surface area contributed by atoms with Gasteiger partial charge in [-0.2, -0.15) is 11.3 Å². The van der Waals surface area contributed by atoms with E-state index in [-0.39, 0.29) is 11.4 Å². The van der Waals surface area contributed by atoms with Crippen molar-refractivity contribution in [2.45, 2.75) is 18.4 Å². The van der Waals surface area contributed by atoms with Gasteiger partial charge in [-0.05, 0) is 41.4 Å². The first-order valence-electron chi connectivity index (χ1n) is 5.83. The molecule has 0 saturated carbocycles. The minimum atomic E-state index is -3.56. The van der Waals surface area contributed by atoms with E-state index in [9.17, 15) is 8.42 Å². The molecular weight excluding hydrogens is 282 g/mol. The number of pyridine rings is 1. The van der Waals surface area contributed by atoms with Crippen molar-refractivity contribution in [2.24, 2.45) is 0 Å². The molecule has 0 saturated heterocycles. The summed E-state index contributed by atoms with van der Waals surface area (Å²) in [5.41, 5.74) is 0.947. The Bertz CT molecular complexity index is 624. The van der Waals surface area contributed by atoms with Crippen LogP contribution in [-0.2, 0) is 16.6 Å². The lowest BCUT2D eigenvalue weighted by Gasteiger charge is -2.10. The predicted octanol–water partition coefficient (Wildman–Crippen LogP) is 2.05. The Morgan fingerprint density at radius 2 is 2.21 bits per heavy atom. The molecule has 2 aromatic heterocycles. The lowest BCUT2D eigenvalue weighted by Crippen LogP contribution is -2.24. The second-order valence-electron chi connectivity index (χ2n) is 3.84. The standard InChI is InChI=1S/C12H15N3O2S2/c1-2-13-12-11(4-3-6-14-12)19(16,17)15-8-10-5-7-18-9-10/h3-7,9,15H,2,8H2,1H3,(H,13,14). The van der Waals surface area contributed by atoms with E-state index in [0.717, 1.165) is 5.56 Å². The summed E-state index contributed by atoms with van der Waals surface area (Å²) in [5.74, 6) is 0.378. The molecule has 0 fully saturated rings. The van der Waals surface area contributed by atoms with Gasteiger partial charge in [0.2, 0.25) is 10.0 Å². The SMILES string of the molecule is CCNc1ncccc1S(=O)(=O)NCc1ccsc1. The van der Waals surface area contributed by atoms with E-state index in [1.807, 2.05) is 23.8 Å². The highest BCUT2D eigenvalue weighted by molar-refractivity contribution is 7.89. The van der Waals surface area contributed by atoms with Crippen molar-refractivity contribution in [3.8, 4) is 0 Å². The van der Waals surface area contributed by atoms with Crippen molar-refractivity contribution in [3.05, 3.63) is 40.7 Å². The molecule has 0 amide bonds. The number of anilines is 1. The van der Waals surface area contributed by atoms with Crippen molar-refractivity contribution in [3.63, 3.8) is 0 Å². The Balaban J connectivity index is 2.19. The number of sulfonamides is 1. The Morgan fingerprint density at radius 3 is 2.89 bits per heavy atom. The average molecular weight is 297 g/mol. The molecule has 7 heteroatoms. The molecule has 0 aromatic carbocycles. The first-order chi connectivity index (χ1) is 9.13. The molecular formula is C12H15N3O2S2. The molecule has 0 radical (unpaired) electrons. The van der Waals surface area contributed by atoms with E-state index < -0.39 is 10.0 Å². The van der Waals surface area contributed by atoms with Crippen molar-refractivity contribution in [1.29, 1.82) is 0 Å². The van der Waals surface area contributed by atoms with Gasteiger partial charge in [-0.3, -0.25) is 0 Å². The molecule has 2 aromatic rings. The van der Waals surface area contributed by atoms with Gasteiger partial charge in [0, 0.05) is 19.3 Å². The largest absolute Gasteiger partial charge is 0.369 e. The monoisotopic (exact) mass is 297 g/mol. The minimum Gasteiger partial charge on any atom is -0.369 e. The topological polar surface area (TPSA) is 71.1 Å². The quantitative estimate of drug-likeness (QED) is 0.856. The number of aromatic nitrogens is 1. The van der Waals surface area contributed by atoms with Crippen LogP contribution in [0.4, 0.5) is 5.82 Å². The molecule has 0 aliphatic rings. The van der Waals surface area contributed by atoms with Crippen LogP contribution < -0.4 is 10.0 Å². The van der Waals surface area contributed by atoms with Crippen molar-refractivity contribution >= 4 is 27.2 Å². The summed E-state index contributed by atoms with van der Waals surface area (Å²) in [4.78, 5) is 4.22. The van der Waals surface area contributed by atoms with Crippen LogP contribution in [0.1, 0.15) is 12.5 Å². The van der Waals surface area contributed by atoms with Gasteiger partial charge in [-0.25, -0.2) is 18.1 Å². The van der Waals surface area contributed by atoms with Crippen LogP contribution in [0.2, 0.25) is 0 Å². The van der Waals surface area contributed by atoms with Crippen LogP contribution in [0.25, 0.3) is 0 Å². The Morgan fingerprint density at radius 1 is 1.37 bits per heavy atom. The van der Waals surface area contributed by atoms with E-state index in [0.29, 0.717) is 12.4 Å². The first-order valence-corrected chi connectivity index (χ1v) is 8.25. The highest BCUT2D eigenvalue weighted by atomic mass is 32.2. The highest BCUT2D eigenvalue weighted by Crippen LogP contribution is 2.18. The maximum Gasteiger partial charge on any atom is 0.244 e. The lowest BCUT2D eigenvalue weighted by atomic mass is 10.4. The second-order valence-corrected chi connectivity index (χ2v) is 6.35. The second kappa shape index (κ2) is 6.14. The molecule has 2 heterocycles. The smallest absolute Gasteiger partial charge is 0.244 e. The summed E-state index contributed by atoms with van der Waals surface area (Å²) in [5, 5.41) is 6.78. The molecule has 0 atom stereocenters. The van der Waals surface area contributed by atoms with Crippen molar-refractivity contribution in [2.75, 3.05) is 11.9 Å². The Labute approximate surface area is 116 Å². The molecule has 0 bridgehead atoms. The Kier molecular flexibility index (Phi) is 4.52. The van der Waals surface area contributed by atoms with Crippen LogP contribution in [0, 0.1) is 0 Å². The molecule has 0 aliphatic carbocycles.